The monoisotopic (exact) mass is 158 g/mol. The summed E-state index contributed by atoms with van der Waals surface area (Å²) in [4.78, 5) is 5.20. The van der Waals surface area contributed by atoms with Crippen LogP contribution in [0.4, 0.5) is 0 Å². The zero-order chi connectivity index (χ0) is 8.10. The minimum absolute atomic E-state index is 0.941. The summed E-state index contributed by atoms with van der Waals surface area (Å²) in [6.45, 7) is 5.36. The lowest BCUT2D eigenvalue weighted by Gasteiger charge is -2.34. The molecule has 1 fully saturated rings. The standard InChI is InChI=1S/C8H18N2O/c1-3-10(11-2)9-7-5-4-6-8-9/h3-8H2,1-2H3. The van der Waals surface area contributed by atoms with E-state index in [4.69, 9.17) is 4.84 Å². The van der Waals surface area contributed by atoms with E-state index in [1.165, 1.54) is 19.3 Å². The van der Waals surface area contributed by atoms with Gasteiger partial charge in [0.05, 0.1) is 7.11 Å². The quantitative estimate of drug-likeness (QED) is 0.575. The maximum absolute atomic E-state index is 5.20. The molecule has 0 N–H and O–H groups in total. The van der Waals surface area contributed by atoms with Gasteiger partial charge in [0.1, 0.15) is 0 Å². The Labute approximate surface area is 68.8 Å². The van der Waals surface area contributed by atoms with Gasteiger partial charge in [-0.3, -0.25) is 4.84 Å². The molecule has 0 aromatic rings. The SMILES string of the molecule is CCN(OC)N1CCCCC1. The van der Waals surface area contributed by atoms with Crippen LogP contribution in [0.5, 0.6) is 0 Å². The van der Waals surface area contributed by atoms with Crippen molar-refractivity contribution in [2.24, 2.45) is 0 Å². The second kappa shape index (κ2) is 4.70. The normalized spacial score (nSPS) is 21.0. The Bertz CT molecular complexity index is 98.3. The van der Waals surface area contributed by atoms with E-state index in [0.29, 0.717) is 0 Å². The fraction of sp³-hybridized carbons (Fsp3) is 1.00. The zero-order valence-electron chi connectivity index (χ0n) is 7.55. The van der Waals surface area contributed by atoms with Crippen LogP contribution in [0.1, 0.15) is 26.2 Å². The summed E-state index contributed by atoms with van der Waals surface area (Å²) in [7, 11) is 1.73. The van der Waals surface area contributed by atoms with E-state index < -0.39 is 0 Å². The molecular weight excluding hydrogens is 140 g/mol. The van der Waals surface area contributed by atoms with Gasteiger partial charge < -0.3 is 0 Å². The molecule has 0 saturated carbocycles. The Hall–Kier alpha value is -0.120. The van der Waals surface area contributed by atoms with Crippen LogP contribution in [0.3, 0.4) is 0 Å². The van der Waals surface area contributed by atoms with E-state index in [-0.39, 0.29) is 0 Å². The van der Waals surface area contributed by atoms with E-state index in [0.717, 1.165) is 19.6 Å². The van der Waals surface area contributed by atoms with Gasteiger partial charge >= 0.3 is 0 Å². The highest BCUT2D eigenvalue weighted by Gasteiger charge is 2.15. The lowest BCUT2D eigenvalue weighted by molar-refractivity contribution is -0.269. The summed E-state index contributed by atoms with van der Waals surface area (Å²) in [5.41, 5.74) is 0. The van der Waals surface area contributed by atoms with E-state index in [9.17, 15) is 0 Å². The first-order valence-corrected chi connectivity index (χ1v) is 4.45. The first kappa shape index (κ1) is 8.97. The van der Waals surface area contributed by atoms with Gasteiger partial charge in [0.2, 0.25) is 0 Å². The molecule has 11 heavy (non-hydrogen) atoms. The van der Waals surface area contributed by atoms with Gasteiger partial charge in [-0.25, -0.2) is 5.01 Å². The summed E-state index contributed by atoms with van der Waals surface area (Å²) in [6.07, 6.45) is 3.98. The van der Waals surface area contributed by atoms with Crippen molar-refractivity contribution in [3.8, 4) is 0 Å². The van der Waals surface area contributed by atoms with E-state index >= 15 is 0 Å². The Balaban J connectivity index is 2.30. The molecule has 1 aliphatic rings. The first-order valence-electron chi connectivity index (χ1n) is 4.45. The molecule has 0 unspecified atom stereocenters. The van der Waals surface area contributed by atoms with Crippen molar-refractivity contribution in [2.75, 3.05) is 26.7 Å². The van der Waals surface area contributed by atoms with Gasteiger partial charge in [-0.05, 0) is 19.8 Å². The maximum atomic E-state index is 5.20. The molecular formula is C8H18N2O. The van der Waals surface area contributed by atoms with Gasteiger partial charge in [0.25, 0.3) is 0 Å². The topological polar surface area (TPSA) is 15.7 Å². The lowest BCUT2D eigenvalue weighted by atomic mass is 10.2. The summed E-state index contributed by atoms with van der Waals surface area (Å²) >= 11 is 0. The molecule has 3 nitrogen and oxygen atoms in total. The molecule has 66 valence electrons. The number of nitrogens with zero attached hydrogens (tertiary/aromatic N) is 2. The second-order valence-electron chi connectivity index (χ2n) is 2.87. The predicted molar refractivity (Wildman–Crippen MR) is 44.8 cm³/mol. The number of rotatable bonds is 3. The largest absolute Gasteiger partial charge is 0.287 e. The maximum Gasteiger partial charge on any atom is 0.0591 e. The average molecular weight is 158 g/mol. The Morgan fingerprint density at radius 3 is 2.36 bits per heavy atom. The number of hydrogen-bond donors (Lipinski definition) is 0. The molecule has 1 aliphatic heterocycles. The third kappa shape index (κ3) is 2.43. The van der Waals surface area contributed by atoms with E-state index in [1.54, 1.807) is 7.11 Å². The highest BCUT2D eigenvalue weighted by molar-refractivity contribution is 4.59. The molecule has 0 aromatic heterocycles. The van der Waals surface area contributed by atoms with E-state index in [2.05, 4.69) is 11.9 Å². The minimum Gasteiger partial charge on any atom is -0.287 e. The molecule has 0 atom stereocenters. The van der Waals surface area contributed by atoms with Crippen molar-refractivity contribution in [3.63, 3.8) is 0 Å². The third-order valence-corrected chi connectivity index (χ3v) is 2.13. The van der Waals surface area contributed by atoms with Gasteiger partial charge in [-0.1, -0.05) is 6.42 Å². The lowest BCUT2D eigenvalue weighted by Crippen LogP contribution is -2.44. The molecule has 0 aliphatic carbocycles. The Morgan fingerprint density at radius 1 is 1.27 bits per heavy atom. The molecule has 0 aromatic carbocycles. The highest BCUT2D eigenvalue weighted by atomic mass is 16.7. The second-order valence-corrected chi connectivity index (χ2v) is 2.87. The van der Waals surface area contributed by atoms with Crippen LogP contribution in [0.25, 0.3) is 0 Å². The molecule has 1 heterocycles. The van der Waals surface area contributed by atoms with Crippen molar-refractivity contribution in [3.05, 3.63) is 0 Å². The van der Waals surface area contributed by atoms with Crippen molar-refractivity contribution >= 4 is 0 Å². The fourth-order valence-electron chi connectivity index (χ4n) is 1.54. The van der Waals surface area contributed by atoms with Crippen LogP contribution in [0.2, 0.25) is 0 Å². The van der Waals surface area contributed by atoms with Crippen LogP contribution >= 0.6 is 0 Å². The number of hydroxylamine groups is 1. The van der Waals surface area contributed by atoms with Crippen LogP contribution < -0.4 is 0 Å². The third-order valence-electron chi connectivity index (χ3n) is 2.13. The molecule has 1 saturated heterocycles. The van der Waals surface area contributed by atoms with Crippen molar-refractivity contribution in [2.45, 2.75) is 26.2 Å². The molecule has 0 bridgehead atoms. The molecule has 0 radical (unpaired) electrons. The molecule has 3 heteroatoms. The number of hydrazine groups is 1. The summed E-state index contributed by atoms with van der Waals surface area (Å²) in [5, 5.41) is 4.22. The molecule has 0 spiro atoms. The van der Waals surface area contributed by atoms with Crippen LogP contribution in [0, 0.1) is 0 Å². The Kier molecular flexibility index (Phi) is 3.83. The first-order chi connectivity index (χ1) is 5.38. The smallest absolute Gasteiger partial charge is 0.0591 e. The predicted octanol–water partition coefficient (Wildman–Crippen LogP) is 1.27. The molecule has 1 rings (SSSR count). The average Bonchev–Trinajstić information content (AvgIpc) is 2.09. The highest BCUT2D eigenvalue weighted by Crippen LogP contribution is 2.10. The van der Waals surface area contributed by atoms with Crippen LogP contribution in [-0.2, 0) is 4.84 Å². The summed E-state index contributed by atoms with van der Waals surface area (Å²) < 4.78 is 0. The molecule has 0 amide bonds. The van der Waals surface area contributed by atoms with Gasteiger partial charge in [-0.15, -0.1) is 5.17 Å². The van der Waals surface area contributed by atoms with Crippen molar-refractivity contribution in [1.29, 1.82) is 0 Å². The van der Waals surface area contributed by atoms with Gasteiger partial charge in [0, 0.05) is 19.6 Å². The summed E-state index contributed by atoms with van der Waals surface area (Å²) in [5.74, 6) is 0. The zero-order valence-corrected chi connectivity index (χ0v) is 7.55. The van der Waals surface area contributed by atoms with Crippen LogP contribution in [-0.4, -0.2) is 36.9 Å². The summed E-state index contributed by atoms with van der Waals surface area (Å²) in [6, 6.07) is 0. The van der Waals surface area contributed by atoms with Crippen LogP contribution in [0.15, 0.2) is 0 Å². The fourth-order valence-corrected chi connectivity index (χ4v) is 1.54. The van der Waals surface area contributed by atoms with Crippen molar-refractivity contribution in [1.82, 2.24) is 10.2 Å². The number of hydrogen-bond acceptors (Lipinski definition) is 3. The minimum atomic E-state index is 0.941. The Morgan fingerprint density at radius 2 is 1.91 bits per heavy atom. The van der Waals surface area contributed by atoms with Gasteiger partial charge in [-0.2, -0.15) is 0 Å². The van der Waals surface area contributed by atoms with Crippen molar-refractivity contribution < 1.29 is 4.84 Å². The number of piperidine rings is 1. The van der Waals surface area contributed by atoms with Gasteiger partial charge in [0.15, 0.2) is 0 Å². The van der Waals surface area contributed by atoms with E-state index in [1.807, 2.05) is 5.17 Å².